The highest BCUT2D eigenvalue weighted by molar-refractivity contribution is 5.94. The molecular weight excluding hydrogens is 366 g/mol. The lowest BCUT2D eigenvalue weighted by atomic mass is 9.76. The first-order valence-electron chi connectivity index (χ1n) is 9.90. The maximum atomic E-state index is 12.8. The van der Waals surface area contributed by atoms with Crippen molar-refractivity contribution in [3.8, 4) is 11.4 Å². The second kappa shape index (κ2) is 6.92. The van der Waals surface area contributed by atoms with Gasteiger partial charge in [0, 0.05) is 60.0 Å². The first kappa shape index (κ1) is 17.7. The fourth-order valence-electron chi connectivity index (χ4n) is 4.59. The Bertz CT molecular complexity index is 1100. The molecule has 3 aromatic heterocycles. The third kappa shape index (κ3) is 3.03. The molecule has 29 heavy (non-hydrogen) atoms. The van der Waals surface area contributed by atoms with E-state index in [1.165, 1.54) is 0 Å². The quantitative estimate of drug-likeness (QED) is 0.729. The summed E-state index contributed by atoms with van der Waals surface area (Å²) in [6.07, 6.45) is 9.98. The van der Waals surface area contributed by atoms with Crippen molar-refractivity contribution in [2.24, 2.45) is 0 Å². The molecule has 1 N–H and O–H groups in total. The molecule has 1 aliphatic heterocycles. The molecular formula is C22H21N5O2. The first-order chi connectivity index (χ1) is 14.2. The van der Waals surface area contributed by atoms with Crippen LogP contribution in [0.3, 0.4) is 0 Å². The molecule has 7 nitrogen and oxygen atoms in total. The number of H-pyrrole nitrogens is 1. The van der Waals surface area contributed by atoms with Crippen LogP contribution in [-0.2, 0) is 11.8 Å². The van der Waals surface area contributed by atoms with Crippen LogP contribution in [-0.4, -0.2) is 43.8 Å². The highest BCUT2D eigenvalue weighted by Gasteiger charge is 2.44. The zero-order chi connectivity index (χ0) is 19.8. The van der Waals surface area contributed by atoms with Crippen molar-refractivity contribution in [2.45, 2.75) is 31.1 Å². The number of carbonyl (C=O) groups is 1. The van der Waals surface area contributed by atoms with E-state index in [0.29, 0.717) is 24.5 Å². The van der Waals surface area contributed by atoms with Crippen molar-refractivity contribution in [2.75, 3.05) is 13.1 Å². The van der Waals surface area contributed by atoms with E-state index in [2.05, 4.69) is 15.0 Å². The molecule has 1 fully saturated rings. The lowest BCUT2D eigenvalue weighted by Crippen LogP contribution is -2.44. The maximum Gasteiger partial charge on any atom is 0.254 e. The summed E-state index contributed by atoms with van der Waals surface area (Å²) in [6, 6.07) is 7.23. The predicted molar refractivity (Wildman–Crippen MR) is 107 cm³/mol. The minimum atomic E-state index is -0.129. The van der Waals surface area contributed by atoms with E-state index in [1.807, 2.05) is 17.0 Å². The van der Waals surface area contributed by atoms with Crippen molar-refractivity contribution in [1.82, 2.24) is 24.8 Å². The molecule has 0 radical (unpaired) electrons. The number of fused-ring (bicyclic) bond motifs is 2. The number of piperidine rings is 1. The van der Waals surface area contributed by atoms with E-state index in [4.69, 9.17) is 4.98 Å². The summed E-state index contributed by atoms with van der Waals surface area (Å²) in [7, 11) is 0. The number of hydrogen-bond donors (Lipinski definition) is 1. The van der Waals surface area contributed by atoms with E-state index in [1.54, 1.807) is 36.9 Å². The molecule has 4 heterocycles. The maximum absolute atomic E-state index is 12.8. The molecule has 0 bridgehead atoms. The van der Waals surface area contributed by atoms with E-state index in [9.17, 15) is 9.59 Å². The summed E-state index contributed by atoms with van der Waals surface area (Å²) < 4.78 is 0. The molecule has 5 rings (SSSR count). The van der Waals surface area contributed by atoms with E-state index in [0.717, 1.165) is 42.5 Å². The van der Waals surface area contributed by atoms with Gasteiger partial charge in [0.2, 0.25) is 0 Å². The van der Waals surface area contributed by atoms with Crippen LogP contribution in [0.25, 0.3) is 11.4 Å². The zero-order valence-corrected chi connectivity index (χ0v) is 16.0. The minimum Gasteiger partial charge on any atom is -0.339 e. The summed E-state index contributed by atoms with van der Waals surface area (Å²) in [4.78, 5) is 43.3. The number of rotatable bonds is 2. The van der Waals surface area contributed by atoms with Crippen LogP contribution < -0.4 is 5.56 Å². The number of nitrogens with one attached hydrogen (secondary N) is 1. The molecule has 3 aromatic rings. The Labute approximate surface area is 167 Å². The molecule has 1 amide bonds. The van der Waals surface area contributed by atoms with Crippen molar-refractivity contribution in [3.05, 3.63) is 76.2 Å². The van der Waals surface area contributed by atoms with Crippen LogP contribution in [0.4, 0.5) is 0 Å². The van der Waals surface area contributed by atoms with Crippen LogP contribution in [0.2, 0.25) is 0 Å². The number of nitrogens with zero attached hydrogens (tertiary/aromatic N) is 4. The number of pyridine rings is 2. The van der Waals surface area contributed by atoms with E-state index >= 15 is 0 Å². The standard InChI is InChI=1S/C22H21N5O2/c28-20-17-3-6-22(18(17)25-19(26-20)16-2-1-9-24-14-16)7-12-27(13-8-22)21(29)15-4-10-23-11-5-15/h1-2,4-5,9-11,14H,3,6-8,12-13H2,(H,25,26,28). The monoisotopic (exact) mass is 387 g/mol. The SMILES string of the molecule is O=C(c1ccncc1)N1CCC2(CCc3c2nc(-c2cccnc2)[nH]c3=O)CC1. The number of carbonyl (C=O) groups excluding carboxylic acids is 1. The Morgan fingerprint density at radius 3 is 2.55 bits per heavy atom. The number of likely N-dealkylation sites (tertiary alicyclic amines) is 1. The number of amides is 1. The van der Waals surface area contributed by atoms with Gasteiger partial charge in [-0.05, 0) is 49.9 Å². The highest BCUT2D eigenvalue weighted by Crippen LogP contribution is 2.44. The highest BCUT2D eigenvalue weighted by atomic mass is 16.2. The molecule has 7 heteroatoms. The van der Waals surface area contributed by atoms with Gasteiger partial charge in [0.05, 0.1) is 5.69 Å². The summed E-state index contributed by atoms with van der Waals surface area (Å²) >= 11 is 0. The van der Waals surface area contributed by atoms with Crippen molar-refractivity contribution < 1.29 is 4.79 Å². The van der Waals surface area contributed by atoms with Gasteiger partial charge in [-0.1, -0.05) is 0 Å². The van der Waals surface area contributed by atoms with Gasteiger partial charge in [-0.2, -0.15) is 0 Å². The van der Waals surface area contributed by atoms with Crippen molar-refractivity contribution in [1.29, 1.82) is 0 Å². The molecule has 0 saturated carbocycles. The summed E-state index contributed by atoms with van der Waals surface area (Å²) in [6.45, 7) is 1.33. The zero-order valence-electron chi connectivity index (χ0n) is 16.0. The molecule has 0 atom stereocenters. The molecule has 0 unspecified atom stereocenters. The largest absolute Gasteiger partial charge is 0.339 e. The lowest BCUT2D eigenvalue weighted by Gasteiger charge is -2.39. The van der Waals surface area contributed by atoms with Crippen molar-refractivity contribution >= 4 is 5.91 Å². The summed E-state index contributed by atoms with van der Waals surface area (Å²) in [5, 5.41) is 0. The minimum absolute atomic E-state index is 0.0374. The van der Waals surface area contributed by atoms with Gasteiger partial charge in [-0.3, -0.25) is 19.6 Å². The third-order valence-corrected chi connectivity index (χ3v) is 6.24. The smallest absolute Gasteiger partial charge is 0.254 e. The normalized spacial score (nSPS) is 17.3. The van der Waals surface area contributed by atoms with Gasteiger partial charge in [0.25, 0.3) is 11.5 Å². The number of hydrogen-bond acceptors (Lipinski definition) is 5. The average Bonchev–Trinajstić information content (AvgIpc) is 3.13. The van der Waals surface area contributed by atoms with Gasteiger partial charge >= 0.3 is 0 Å². The van der Waals surface area contributed by atoms with Gasteiger partial charge in [0.15, 0.2) is 0 Å². The first-order valence-corrected chi connectivity index (χ1v) is 9.90. The third-order valence-electron chi connectivity index (χ3n) is 6.24. The topological polar surface area (TPSA) is 91.8 Å². The van der Waals surface area contributed by atoms with Gasteiger partial charge in [0.1, 0.15) is 5.82 Å². The van der Waals surface area contributed by atoms with Crippen LogP contribution in [0.1, 0.15) is 40.9 Å². The molecule has 146 valence electrons. The molecule has 0 aromatic carbocycles. The van der Waals surface area contributed by atoms with Gasteiger partial charge in [-0.25, -0.2) is 4.98 Å². The van der Waals surface area contributed by atoms with Crippen LogP contribution in [0.5, 0.6) is 0 Å². The molecule has 1 saturated heterocycles. The Hall–Kier alpha value is -3.35. The second-order valence-electron chi connectivity index (χ2n) is 7.79. The Morgan fingerprint density at radius 2 is 1.83 bits per heavy atom. The predicted octanol–water partition coefficient (Wildman–Crippen LogP) is 2.35. The van der Waals surface area contributed by atoms with E-state index in [-0.39, 0.29) is 16.9 Å². The molecule has 2 aliphatic rings. The van der Waals surface area contributed by atoms with Gasteiger partial charge in [-0.15, -0.1) is 0 Å². The summed E-state index contributed by atoms with van der Waals surface area (Å²) in [5.74, 6) is 0.605. The molecule has 1 aliphatic carbocycles. The van der Waals surface area contributed by atoms with E-state index < -0.39 is 0 Å². The van der Waals surface area contributed by atoms with Gasteiger partial charge < -0.3 is 9.88 Å². The summed E-state index contributed by atoms with van der Waals surface area (Å²) in [5.41, 5.74) is 3.00. The Morgan fingerprint density at radius 1 is 1.03 bits per heavy atom. The molecule has 1 spiro atoms. The Balaban J connectivity index is 1.43. The fraction of sp³-hybridized carbons (Fsp3) is 0.318. The average molecular weight is 387 g/mol. The second-order valence-corrected chi connectivity index (χ2v) is 7.79. The number of aromatic nitrogens is 4. The fourth-order valence-corrected chi connectivity index (χ4v) is 4.59. The van der Waals surface area contributed by atoms with Crippen molar-refractivity contribution in [3.63, 3.8) is 0 Å². The van der Waals surface area contributed by atoms with Crippen LogP contribution in [0, 0.1) is 0 Å². The Kier molecular flexibility index (Phi) is 4.23. The van der Waals surface area contributed by atoms with Crippen LogP contribution in [0.15, 0.2) is 53.8 Å². The lowest BCUT2D eigenvalue weighted by molar-refractivity contribution is 0.0663. The number of aromatic amines is 1. The van der Waals surface area contributed by atoms with Crippen LogP contribution >= 0.6 is 0 Å².